The zero-order chi connectivity index (χ0) is 40.0. The number of ketones is 1. The van der Waals surface area contributed by atoms with E-state index in [0.717, 1.165) is 10.9 Å². The van der Waals surface area contributed by atoms with Gasteiger partial charge in [-0.05, 0) is 29.5 Å². The molecule has 3 aromatic rings. The highest BCUT2D eigenvalue weighted by molar-refractivity contribution is 7.94. The first kappa shape index (κ1) is 42.4. The van der Waals surface area contributed by atoms with E-state index in [1.165, 1.54) is 13.8 Å². The summed E-state index contributed by atoms with van der Waals surface area (Å²) in [6.07, 6.45) is -1.39. The van der Waals surface area contributed by atoms with Gasteiger partial charge in [-0.2, -0.15) is 0 Å². The Labute approximate surface area is 310 Å². The molecule has 0 saturated heterocycles. The van der Waals surface area contributed by atoms with Gasteiger partial charge in [0.15, 0.2) is 15.6 Å². The summed E-state index contributed by atoms with van der Waals surface area (Å²) in [5.74, 6) is -8.74. The lowest BCUT2D eigenvalue weighted by atomic mass is 10.00. The number of nitrogens with one attached hydrogen (secondary N) is 5. The van der Waals surface area contributed by atoms with E-state index in [9.17, 15) is 52.2 Å². The molecule has 4 atom stereocenters. The second-order valence-electron chi connectivity index (χ2n) is 12.6. The third-order valence-corrected chi connectivity index (χ3v) is 9.32. The van der Waals surface area contributed by atoms with Crippen LogP contribution in [-0.2, 0) is 56.4 Å². The minimum absolute atomic E-state index is 0.0822. The van der Waals surface area contributed by atoms with Crippen LogP contribution in [0.5, 0.6) is 0 Å². The lowest BCUT2D eigenvalue weighted by Gasteiger charge is -2.27. The smallest absolute Gasteiger partial charge is 0.408 e. The number of carboxylic acids is 2. The van der Waals surface area contributed by atoms with E-state index in [1.54, 1.807) is 54.7 Å². The van der Waals surface area contributed by atoms with Gasteiger partial charge in [0, 0.05) is 35.3 Å². The van der Waals surface area contributed by atoms with E-state index in [4.69, 9.17) is 4.74 Å². The molecule has 7 N–H and O–H groups in total. The maximum Gasteiger partial charge on any atom is 0.408 e. The van der Waals surface area contributed by atoms with Gasteiger partial charge in [-0.1, -0.05) is 69.0 Å². The van der Waals surface area contributed by atoms with Crippen molar-refractivity contribution in [2.24, 2.45) is 5.92 Å². The summed E-state index contributed by atoms with van der Waals surface area (Å²) in [6.45, 7) is 6.01. The van der Waals surface area contributed by atoms with Gasteiger partial charge in [0.25, 0.3) is 0 Å². The van der Waals surface area contributed by atoms with Crippen molar-refractivity contribution in [2.75, 3.05) is 5.75 Å². The molecule has 0 saturated carbocycles. The first-order valence-corrected chi connectivity index (χ1v) is 18.5. The molecule has 1 heterocycles. The fourth-order valence-corrected chi connectivity index (χ4v) is 5.99. The SMILES string of the molecule is C=CS(=O)(=O)CC(=O)[C@H](CC(=O)O)NC(=O)[C@@H](NC(=O)[C@H](CCC(=O)O)NC(=O)[C@H](Cc1c[nH]c2ccccc12)NC(=O)OCc1ccccc1)C(C)C. The Morgan fingerprint density at radius 2 is 1.44 bits per heavy atom. The number of Topliss-reactive ketones (excluding diaryl/α,β-unsaturated/α-hetero) is 1. The van der Waals surface area contributed by atoms with Crippen LogP contribution < -0.4 is 21.3 Å². The highest BCUT2D eigenvalue weighted by atomic mass is 32.2. The number of amides is 4. The summed E-state index contributed by atoms with van der Waals surface area (Å²) >= 11 is 0. The predicted molar refractivity (Wildman–Crippen MR) is 194 cm³/mol. The van der Waals surface area contributed by atoms with E-state index >= 15 is 0 Å². The molecule has 17 nitrogen and oxygen atoms in total. The highest BCUT2D eigenvalue weighted by Crippen LogP contribution is 2.20. The van der Waals surface area contributed by atoms with Crippen molar-refractivity contribution in [3.63, 3.8) is 0 Å². The van der Waals surface area contributed by atoms with Crippen molar-refractivity contribution in [2.45, 2.75) is 70.3 Å². The Hall–Kier alpha value is -6.04. The van der Waals surface area contributed by atoms with Crippen LogP contribution in [0.25, 0.3) is 10.9 Å². The topological polar surface area (TPSA) is 267 Å². The molecule has 1 aromatic heterocycles. The van der Waals surface area contributed by atoms with Crippen molar-refractivity contribution < 1.29 is 56.9 Å². The molecule has 0 bridgehead atoms. The number of carbonyl (C=O) groups is 7. The van der Waals surface area contributed by atoms with Crippen molar-refractivity contribution in [3.8, 4) is 0 Å². The molecular weight excluding hydrogens is 726 g/mol. The number of carbonyl (C=O) groups excluding carboxylic acids is 5. The number of alkyl carbamates (subject to hydrolysis) is 1. The molecule has 0 aliphatic rings. The maximum absolute atomic E-state index is 13.8. The van der Waals surface area contributed by atoms with Gasteiger partial charge in [0.05, 0.1) is 12.5 Å². The third kappa shape index (κ3) is 13.2. The van der Waals surface area contributed by atoms with E-state index in [1.807, 2.05) is 6.07 Å². The number of H-pyrrole nitrogens is 1. The maximum atomic E-state index is 13.8. The number of aliphatic carboxylic acids is 2. The average Bonchev–Trinajstić information content (AvgIpc) is 3.53. The van der Waals surface area contributed by atoms with Gasteiger partial charge < -0.3 is 41.2 Å². The van der Waals surface area contributed by atoms with Gasteiger partial charge in [-0.25, -0.2) is 13.2 Å². The summed E-state index contributed by atoms with van der Waals surface area (Å²) < 4.78 is 29.2. The monoisotopic (exact) mass is 769 g/mol. The fraction of sp³-hybridized carbons (Fsp3) is 0.361. The molecule has 0 aliphatic carbocycles. The first-order valence-electron chi connectivity index (χ1n) is 16.7. The highest BCUT2D eigenvalue weighted by Gasteiger charge is 2.34. The van der Waals surface area contributed by atoms with Gasteiger partial charge in [-0.3, -0.25) is 28.8 Å². The van der Waals surface area contributed by atoms with Gasteiger partial charge in [0.1, 0.15) is 30.5 Å². The number of aromatic amines is 1. The molecule has 3 rings (SSSR count). The number of carboxylic acid groups (broad SMARTS) is 2. The van der Waals surface area contributed by atoms with Crippen LogP contribution in [0.1, 0.15) is 44.2 Å². The van der Waals surface area contributed by atoms with Crippen LogP contribution in [0.15, 0.2) is 72.8 Å². The number of rotatable bonds is 21. The molecule has 290 valence electrons. The zero-order valence-electron chi connectivity index (χ0n) is 29.6. The Morgan fingerprint density at radius 3 is 2.07 bits per heavy atom. The number of aromatic nitrogens is 1. The summed E-state index contributed by atoms with van der Waals surface area (Å²) in [4.78, 5) is 92.5. The zero-order valence-corrected chi connectivity index (χ0v) is 30.4. The van der Waals surface area contributed by atoms with Crippen molar-refractivity contribution in [1.29, 1.82) is 0 Å². The molecule has 0 radical (unpaired) electrons. The molecular formula is C36H43N5O12S. The first-order chi connectivity index (χ1) is 25.5. The number of para-hydroxylation sites is 1. The molecule has 0 spiro atoms. The Morgan fingerprint density at radius 1 is 0.815 bits per heavy atom. The number of ether oxygens (including phenoxy) is 1. The summed E-state index contributed by atoms with van der Waals surface area (Å²) in [5, 5.41) is 29.6. The fourth-order valence-electron chi connectivity index (χ4n) is 5.27. The van der Waals surface area contributed by atoms with Crippen molar-refractivity contribution in [3.05, 3.63) is 83.9 Å². The summed E-state index contributed by atoms with van der Waals surface area (Å²) in [7, 11) is -4.11. The second kappa shape index (κ2) is 19.7. The lowest BCUT2D eigenvalue weighted by Crippen LogP contribution is -2.59. The molecule has 54 heavy (non-hydrogen) atoms. The molecule has 0 fully saturated rings. The van der Waals surface area contributed by atoms with Crippen LogP contribution in [0, 0.1) is 5.92 Å². The predicted octanol–water partition coefficient (Wildman–Crippen LogP) is 1.58. The Balaban J connectivity index is 1.84. The van der Waals surface area contributed by atoms with Gasteiger partial charge >= 0.3 is 18.0 Å². The summed E-state index contributed by atoms with van der Waals surface area (Å²) in [5.41, 5.74) is 2.06. The normalized spacial score (nSPS) is 13.5. The molecule has 4 amide bonds. The van der Waals surface area contributed by atoms with Crippen molar-refractivity contribution in [1.82, 2.24) is 26.3 Å². The average molecular weight is 770 g/mol. The largest absolute Gasteiger partial charge is 0.481 e. The van der Waals surface area contributed by atoms with Crippen LogP contribution in [0.4, 0.5) is 4.79 Å². The van der Waals surface area contributed by atoms with Gasteiger partial charge in [-0.15, -0.1) is 0 Å². The molecule has 2 aromatic carbocycles. The number of hydrogen-bond acceptors (Lipinski definition) is 10. The number of benzene rings is 2. The number of sulfone groups is 1. The molecule has 0 aliphatic heterocycles. The Bertz CT molecular complexity index is 1960. The third-order valence-electron chi connectivity index (χ3n) is 8.13. The number of hydrogen-bond donors (Lipinski definition) is 7. The van der Waals surface area contributed by atoms with Crippen LogP contribution in [-0.4, -0.2) is 95.1 Å². The standard InChI is InChI=1S/C36H43N5O12S/c1-4-54(51,52)20-29(42)27(17-31(45)46)39-35(49)32(21(2)3)41-33(47)26(14-15-30(43)44)38-34(48)28(16-23-18-37-25-13-9-8-12-24(23)25)40-36(50)53-19-22-10-6-5-7-11-22/h4-13,18,21,26-28,32,37H,1,14-17,19-20H2,2-3H3,(H,38,48)(H,39,49)(H,40,50)(H,41,47)(H,43,44)(H,45,46)/t26-,27-,28-,32-/m0/s1. The quantitative estimate of drug-likeness (QED) is 0.0814. The van der Waals surface area contributed by atoms with Crippen LogP contribution >= 0.6 is 0 Å². The minimum Gasteiger partial charge on any atom is -0.481 e. The lowest BCUT2D eigenvalue weighted by molar-refractivity contribution is -0.141. The van der Waals surface area contributed by atoms with E-state index < -0.39 is 106 Å². The van der Waals surface area contributed by atoms with E-state index in [-0.39, 0.29) is 13.0 Å². The van der Waals surface area contributed by atoms with Crippen LogP contribution in [0.2, 0.25) is 0 Å². The molecule has 18 heteroatoms. The number of fused-ring (bicyclic) bond motifs is 1. The van der Waals surface area contributed by atoms with Crippen LogP contribution in [0.3, 0.4) is 0 Å². The van der Waals surface area contributed by atoms with E-state index in [0.29, 0.717) is 16.5 Å². The minimum atomic E-state index is -4.11. The second-order valence-corrected chi connectivity index (χ2v) is 14.6. The Kier molecular flexibility index (Phi) is 15.5. The van der Waals surface area contributed by atoms with E-state index in [2.05, 4.69) is 32.8 Å². The van der Waals surface area contributed by atoms with Gasteiger partial charge in [0.2, 0.25) is 17.7 Å². The molecule has 0 unspecified atom stereocenters. The van der Waals surface area contributed by atoms with Crippen molar-refractivity contribution >= 4 is 62.3 Å². The summed E-state index contributed by atoms with van der Waals surface area (Å²) in [6, 6.07) is 9.81.